The molecule has 23 heavy (non-hydrogen) atoms. The number of para-hydroxylation sites is 1. The van der Waals surface area contributed by atoms with Gasteiger partial charge in [0.25, 0.3) is 5.91 Å². The van der Waals surface area contributed by atoms with Crippen LogP contribution in [-0.2, 0) is 0 Å². The van der Waals surface area contributed by atoms with Crippen molar-refractivity contribution in [1.29, 1.82) is 0 Å². The zero-order chi connectivity index (χ0) is 17.0. The Bertz CT molecular complexity index is 714. The van der Waals surface area contributed by atoms with E-state index in [4.69, 9.17) is 10.5 Å². The third-order valence-corrected chi connectivity index (χ3v) is 3.18. The summed E-state index contributed by atoms with van der Waals surface area (Å²) in [5.41, 5.74) is 7.96. The van der Waals surface area contributed by atoms with E-state index < -0.39 is 0 Å². The number of anilines is 1. The summed E-state index contributed by atoms with van der Waals surface area (Å²) < 4.78 is 5.84. The molecule has 0 unspecified atom stereocenters. The van der Waals surface area contributed by atoms with E-state index >= 15 is 0 Å². The van der Waals surface area contributed by atoms with Crippen LogP contribution in [0.5, 0.6) is 5.75 Å². The van der Waals surface area contributed by atoms with Crippen LogP contribution in [-0.4, -0.2) is 28.5 Å². The summed E-state index contributed by atoms with van der Waals surface area (Å²) in [5.74, 6) is 0.565. The van der Waals surface area contributed by atoms with Crippen LogP contribution in [0.1, 0.15) is 36.8 Å². The SMILES string of the molecule is CCNC(=O)c1c(C)nc(N)nc1-c1ccccc1OC(C)C. The summed E-state index contributed by atoms with van der Waals surface area (Å²) in [6.07, 6.45) is 0.00403. The van der Waals surface area contributed by atoms with Gasteiger partial charge in [0.2, 0.25) is 5.95 Å². The lowest BCUT2D eigenvalue weighted by Crippen LogP contribution is -2.25. The molecule has 0 saturated carbocycles. The molecule has 0 saturated heterocycles. The van der Waals surface area contributed by atoms with Gasteiger partial charge in [-0.3, -0.25) is 4.79 Å². The van der Waals surface area contributed by atoms with Crippen molar-refractivity contribution in [3.05, 3.63) is 35.5 Å². The number of nitrogen functional groups attached to an aromatic ring is 1. The second-order valence-electron chi connectivity index (χ2n) is 5.41. The van der Waals surface area contributed by atoms with Crippen molar-refractivity contribution in [3.8, 4) is 17.0 Å². The number of carbonyl (C=O) groups is 1. The van der Waals surface area contributed by atoms with Gasteiger partial charge in [0.05, 0.1) is 23.1 Å². The van der Waals surface area contributed by atoms with E-state index in [1.807, 2.05) is 45.0 Å². The predicted molar refractivity (Wildman–Crippen MR) is 90.4 cm³/mol. The number of hydrogen-bond donors (Lipinski definition) is 2. The highest BCUT2D eigenvalue weighted by atomic mass is 16.5. The van der Waals surface area contributed by atoms with E-state index in [1.54, 1.807) is 6.92 Å². The van der Waals surface area contributed by atoms with Crippen LogP contribution in [0.4, 0.5) is 5.95 Å². The molecule has 0 radical (unpaired) electrons. The monoisotopic (exact) mass is 314 g/mol. The van der Waals surface area contributed by atoms with Gasteiger partial charge >= 0.3 is 0 Å². The van der Waals surface area contributed by atoms with Crippen molar-refractivity contribution in [2.75, 3.05) is 12.3 Å². The average Bonchev–Trinajstić information content (AvgIpc) is 2.46. The molecule has 0 fully saturated rings. The first-order valence-electron chi connectivity index (χ1n) is 7.62. The Hall–Kier alpha value is -2.63. The molecule has 1 aromatic carbocycles. The molecule has 0 bridgehead atoms. The molecule has 2 aromatic rings. The molecule has 6 heteroatoms. The maximum absolute atomic E-state index is 12.4. The summed E-state index contributed by atoms with van der Waals surface area (Å²) in [7, 11) is 0. The van der Waals surface area contributed by atoms with Crippen LogP contribution >= 0.6 is 0 Å². The number of nitrogens with zero attached hydrogens (tertiary/aromatic N) is 2. The van der Waals surface area contributed by atoms with Crippen molar-refractivity contribution in [1.82, 2.24) is 15.3 Å². The van der Waals surface area contributed by atoms with Gasteiger partial charge in [0, 0.05) is 12.1 Å². The molecule has 0 aliphatic carbocycles. The minimum atomic E-state index is -0.223. The molecule has 2 rings (SSSR count). The third-order valence-electron chi connectivity index (χ3n) is 3.18. The Morgan fingerprint density at radius 2 is 2.00 bits per heavy atom. The zero-order valence-electron chi connectivity index (χ0n) is 13.9. The summed E-state index contributed by atoms with van der Waals surface area (Å²) >= 11 is 0. The van der Waals surface area contributed by atoms with Crippen molar-refractivity contribution >= 4 is 11.9 Å². The summed E-state index contributed by atoms with van der Waals surface area (Å²) in [5, 5.41) is 2.79. The molecule has 0 aliphatic heterocycles. The van der Waals surface area contributed by atoms with Gasteiger partial charge in [-0.1, -0.05) is 12.1 Å². The van der Waals surface area contributed by atoms with Crippen LogP contribution in [0.15, 0.2) is 24.3 Å². The van der Waals surface area contributed by atoms with Gasteiger partial charge in [-0.25, -0.2) is 9.97 Å². The van der Waals surface area contributed by atoms with Crippen LogP contribution < -0.4 is 15.8 Å². The van der Waals surface area contributed by atoms with Crippen molar-refractivity contribution < 1.29 is 9.53 Å². The molecular formula is C17H22N4O2. The molecular weight excluding hydrogens is 292 g/mol. The molecule has 122 valence electrons. The zero-order valence-corrected chi connectivity index (χ0v) is 13.9. The predicted octanol–water partition coefficient (Wildman–Crippen LogP) is 2.57. The Morgan fingerprint density at radius 1 is 1.30 bits per heavy atom. The highest BCUT2D eigenvalue weighted by Crippen LogP contribution is 2.32. The quantitative estimate of drug-likeness (QED) is 0.885. The summed E-state index contributed by atoms with van der Waals surface area (Å²) in [6, 6.07) is 7.47. The van der Waals surface area contributed by atoms with Crippen molar-refractivity contribution in [2.45, 2.75) is 33.8 Å². The third kappa shape index (κ3) is 3.77. The number of ether oxygens (including phenoxy) is 1. The average molecular weight is 314 g/mol. The van der Waals surface area contributed by atoms with Gasteiger partial charge in [0.1, 0.15) is 5.75 Å². The van der Waals surface area contributed by atoms with Gasteiger partial charge in [0.15, 0.2) is 0 Å². The van der Waals surface area contributed by atoms with Crippen LogP contribution in [0.3, 0.4) is 0 Å². The first-order valence-corrected chi connectivity index (χ1v) is 7.62. The topological polar surface area (TPSA) is 90.1 Å². The Balaban J connectivity index is 2.66. The lowest BCUT2D eigenvalue weighted by Gasteiger charge is -2.17. The first-order chi connectivity index (χ1) is 10.9. The highest BCUT2D eigenvalue weighted by Gasteiger charge is 2.21. The lowest BCUT2D eigenvalue weighted by molar-refractivity contribution is 0.0955. The summed E-state index contributed by atoms with van der Waals surface area (Å²) in [4.78, 5) is 20.9. The standard InChI is InChI=1S/C17H22N4O2/c1-5-19-16(22)14-11(4)20-17(18)21-15(14)12-8-6-7-9-13(12)23-10(2)3/h6-10H,5H2,1-4H3,(H,19,22)(H2,18,20,21). The second-order valence-corrected chi connectivity index (χ2v) is 5.41. The van der Waals surface area contributed by atoms with E-state index in [1.165, 1.54) is 0 Å². The molecule has 1 heterocycles. The number of nitrogens with one attached hydrogen (secondary N) is 1. The number of amides is 1. The fourth-order valence-electron chi connectivity index (χ4n) is 2.33. The molecule has 0 spiro atoms. The second kappa shape index (κ2) is 7.09. The fraction of sp³-hybridized carbons (Fsp3) is 0.353. The van der Waals surface area contributed by atoms with E-state index in [-0.39, 0.29) is 18.0 Å². The van der Waals surface area contributed by atoms with Gasteiger partial charge in [-0.15, -0.1) is 0 Å². The lowest BCUT2D eigenvalue weighted by atomic mass is 10.0. The van der Waals surface area contributed by atoms with Gasteiger partial charge < -0.3 is 15.8 Å². The molecule has 6 nitrogen and oxygen atoms in total. The van der Waals surface area contributed by atoms with Gasteiger partial charge in [-0.2, -0.15) is 0 Å². The van der Waals surface area contributed by atoms with Crippen LogP contribution in [0.2, 0.25) is 0 Å². The number of nitrogens with two attached hydrogens (primary N) is 1. The Morgan fingerprint density at radius 3 is 2.65 bits per heavy atom. The minimum Gasteiger partial charge on any atom is -0.490 e. The van der Waals surface area contributed by atoms with Crippen LogP contribution in [0.25, 0.3) is 11.3 Å². The number of hydrogen-bond acceptors (Lipinski definition) is 5. The molecule has 3 N–H and O–H groups in total. The Kier molecular flexibility index (Phi) is 5.16. The molecule has 1 amide bonds. The normalized spacial score (nSPS) is 10.7. The van der Waals surface area contributed by atoms with Crippen molar-refractivity contribution in [3.63, 3.8) is 0 Å². The number of benzene rings is 1. The number of rotatable bonds is 5. The fourth-order valence-corrected chi connectivity index (χ4v) is 2.33. The van der Waals surface area contributed by atoms with E-state index in [2.05, 4.69) is 15.3 Å². The molecule has 0 aliphatic rings. The summed E-state index contributed by atoms with van der Waals surface area (Å²) in [6.45, 7) is 8.02. The molecule has 1 aromatic heterocycles. The van der Waals surface area contributed by atoms with Gasteiger partial charge in [-0.05, 0) is 39.8 Å². The highest BCUT2D eigenvalue weighted by molar-refractivity contribution is 6.01. The van der Waals surface area contributed by atoms with E-state index in [9.17, 15) is 4.79 Å². The molecule has 0 atom stereocenters. The number of aromatic nitrogens is 2. The van der Waals surface area contributed by atoms with E-state index in [0.29, 0.717) is 29.2 Å². The minimum absolute atomic E-state index is 0.00403. The Labute approximate surface area is 136 Å². The van der Waals surface area contributed by atoms with E-state index in [0.717, 1.165) is 5.56 Å². The maximum atomic E-state index is 12.4. The first kappa shape index (κ1) is 16.7. The largest absolute Gasteiger partial charge is 0.490 e. The maximum Gasteiger partial charge on any atom is 0.255 e. The number of carbonyl (C=O) groups excluding carboxylic acids is 1. The number of aryl methyl sites for hydroxylation is 1. The van der Waals surface area contributed by atoms with Crippen molar-refractivity contribution in [2.24, 2.45) is 0 Å². The smallest absolute Gasteiger partial charge is 0.255 e. The van der Waals surface area contributed by atoms with Crippen LogP contribution in [0, 0.1) is 6.92 Å².